The molecule has 0 saturated heterocycles. The van der Waals surface area contributed by atoms with Crippen molar-refractivity contribution in [2.75, 3.05) is 0 Å². The molecule has 0 radical (unpaired) electrons. The Labute approximate surface area is 186 Å². The standard InChI is InChI=1S/C22H25BrF3NO2S/c1-21(2,3)29-20(28)27-14-9-7-13(8-10-14)11-18-16(12-22(24,25)26)15-5-4-6-17(23)19(15)30-18/h4-6,11,14H,7-10,12H2,1-3H3,(H,27,28). The van der Waals surface area contributed by atoms with Gasteiger partial charge in [-0.05, 0) is 85.5 Å². The average Bonchev–Trinajstić information content (AvgIpc) is 2.92. The second-order valence-corrected chi connectivity index (χ2v) is 10.5. The maximum absolute atomic E-state index is 13.2. The highest BCUT2D eigenvalue weighted by molar-refractivity contribution is 9.10. The van der Waals surface area contributed by atoms with Crippen molar-refractivity contribution in [2.24, 2.45) is 0 Å². The van der Waals surface area contributed by atoms with E-state index in [0.717, 1.165) is 40.4 Å². The van der Waals surface area contributed by atoms with E-state index in [2.05, 4.69) is 21.2 Å². The van der Waals surface area contributed by atoms with E-state index in [-0.39, 0.29) is 6.04 Å². The van der Waals surface area contributed by atoms with Crippen molar-refractivity contribution in [3.05, 3.63) is 38.7 Å². The van der Waals surface area contributed by atoms with Gasteiger partial charge in [0.05, 0.1) is 6.42 Å². The molecule has 1 aromatic carbocycles. The van der Waals surface area contributed by atoms with E-state index >= 15 is 0 Å². The number of hydrogen-bond donors (Lipinski definition) is 1. The number of halogens is 4. The highest BCUT2D eigenvalue weighted by Gasteiger charge is 2.31. The summed E-state index contributed by atoms with van der Waals surface area (Å²) in [7, 11) is 0. The highest BCUT2D eigenvalue weighted by atomic mass is 79.9. The summed E-state index contributed by atoms with van der Waals surface area (Å²) in [6, 6.07) is 5.38. The lowest BCUT2D eigenvalue weighted by molar-refractivity contribution is -0.126. The fraction of sp³-hybridized carbons (Fsp3) is 0.500. The first-order valence-corrected chi connectivity index (χ1v) is 11.5. The largest absolute Gasteiger partial charge is 0.444 e. The summed E-state index contributed by atoms with van der Waals surface area (Å²) in [4.78, 5) is 12.6. The second kappa shape index (κ2) is 8.91. The maximum atomic E-state index is 13.2. The average molecular weight is 504 g/mol. The van der Waals surface area contributed by atoms with Crippen LogP contribution < -0.4 is 5.32 Å². The first-order valence-electron chi connectivity index (χ1n) is 9.87. The number of allylic oxidation sites excluding steroid dienone is 1. The molecule has 1 aliphatic carbocycles. The number of alkyl halides is 3. The van der Waals surface area contributed by atoms with Crippen LogP contribution in [0.25, 0.3) is 16.2 Å². The molecule has 0 spiro atoms. The van der Waals surface area contributed by atoms with Crippen molar-refractivity contribution < 1.29 is 22.7 Å². The molecule has 1 aromatic heterocycles. The Morgan fingerprint density at radius 3 is 2.53 bits per heavy atom. The number of benzene rings is 1. The molecule has 1 heterocycles. The van der Waals surface area contributed by atoms with Crippen LogP contribution in [0.1, 0.15) is 56.9 Å². The smallest absolute Gasteiger partial charge is 0.407 e. The molecule has 164 valence electrons. The molecular weight excluding hydrogens is 479 g/mol. The van der Waals surface area contributed by atoms with E-state index in [1.807, 2.05) is 32.9 Å². The van der Waals surface area contributed by atoms with E-state index in [4.69, 9.17) is 4.74 Å². The summed E-state index contributed by atoms with van der Waals surface area (Å²) in [6.07, 6.45) is -0.751. The van der Waals surface area contributed by atoms with Crippen molar-refractivity contribution >= 4 is 49.5 Å². The number of carbonyl (C=O) groups is 1. The molecule has 2 aromatic rings. The van der Waals surface area contributed by atoms with Crippen LogP contribution >= 0.6 is 27.3 Å². The van der Waals surface area contributed by atoms with Gasteiger partial charge < -0.3 is 10.1 Å². The van der Waals surface area contributed by atoms with Crippen molar-refractivity contribution in [1.82, 2.24) is 5.32 Å². The third-order valence-corrected chi connectivity index (χ3v) is 7.01. The topological polar surface area (TPSA) is 38.3 Å². The van der Waals surface area contributed by atoms with Crippen LogP contribution in [0.5, 0.6) is 0 Å². The highest BCUT2D eigenvalue weighted by Crippen LogP contribution is 2.41. The number of ether oxygens (including phenoxy) is 1. The maximum Gasteiger partial charge on any atom is 0.407 e. The monoisotopic (exact) mass is 503 g/mol. The molecule has 0 bridgehead atoms. The summed E-state index contributed by atoms with van der Waals surface area (Å²) in [6.45, 7) is 5.45. The SMILES string of the molecule is CC(C)(C)OC(=O)NC1CCC(=Cc2sc3c(Br)cccc3c2CC(F)(F)F)CC1. The molecule has 3 nitrogen and oxygen atoms in total. The Bertz CT molecular complexity index is 950. The van der Waals surface area contributed by atoms with Gasteiger partial charge in [0.15, 0.2) is 0 Å². The molecule has 0 unspecified atom stereocenters. The fourth-order valence-electron chi connectivity index (χ4n) is 3.59. The number of hydrogen-bond acceptors (Lipinski definition) is 3. The second-order valence-electron chi connectivity index (χ2n) is 8.58. The number of amides is 1. The molecule has 3 rings (SSSR count). The van der Waals surface area contributed by atoms with Gasteiger partial charge in [-0.15, -0.1) is 11.3 Å². The zero-order valence-corrected chi connectivity index (χ0v) is 19.6. The van der Waals surface area contributed by atoms with E-state index in [1.165, 1.54) is 11.3 Å². The van der Waals surface area contributed by atoms with Crippen LogP contribution in [0.4, 0.5) is 18.0 Å². The molecule has 1 amide bonds. The quantitative estimate of drug-likeness (QED) is 0.467. The molecule has 1 saturated carbocycles. The van der Waals surface area contributed by atoms with E-state index in [9.17, 15) is 18.0 Å². The van der Waals surface area contributed by atoms with Gasteiger partial charge in [-0.1, -0.05) is 17.7 Å². The molecule has 1 fully saturated rings. The van der Waals surface area contributed by atoms with Crippen LogP contribution in [-0.2, 0) is 11.2 Å². The minimum atomic E-state index is -4.27. The van der Waals surface area contributed by atoms with Crippen LogP contribution in [0, 0.1) is 0 Å². The predicted molar refractivity (Wildman–Crippen MR) is 119 cm³/mol. The van der Waals surface area contributed by atoms with Gasteiger partial charge in [0.25, 0.3) is 0 Å². The normalized spacial score (nSPS) is 17.8. The zero-order valence-electron chi connectivity index (χ0n) is 17.2. The number of fused-ring (bicyclic) bond motifs is 1. The molecular formula is C22H25BrF3NO2S. The Hall–Kier alpha value is -1.54. The Morgan fingerprint density at radius 1 is 1.27 bits per heavy atom. The minimum Gasteiger partial charge on any atom is -0.444 e. The first kappa shape index (κ1) is 23.1. The van der Waals surface area contributed by atoms with Gasteiger partial charge in [0.2, 0.25) is 0 Å². The van der Waals surface area contributed by atoms with Crippen molar-refractivity contribution in [1.29, 1.82) is 0 Å². The van der Waals surface area contributed by atoms with E-state index in [1.54, 1.807) is 12.1 Å². The van der Waals surface area contributed by atoms with Gasteiger partial charge in [0.1, 0.15) is 5.60 Å². The number of rotatable bonds is 3. The summed E-state index contributed by atoms with van der Waals surface area (Å²) in [5.74, 6) is 0. The molecule has 1 N–H and O–H groups in total. The van der Waals surface area contributed by atoms with Gasteiger partial charge in [-0.3, -0.25) is 0 Å². The Morgan fingerprint density at radius 2 is 1.93 bits per heavy atom. The fourth-order valence-corrected chi connectivity index (χ4v) is 5.42. The lowest BCUT2D eigenvalue weighted by Gasteiger charge is -2.27. The number of nitrogens with one attached hydrogen (secondary N) is 1. The number of thiophene rings is 1. The molecule has 0 atom stereocenters. The predicted octanol–water partition coefficient (Wildman–Crippen LogP) is 7.62. The lowest BCUT2D eigenvalue weighted by Crippen LogP contribution is -2.40. The molecule has 1 aliphatic rings. The van der Waals surface area contributed by atoms with Crippen LogP contribution in [-0.4, -0.2) is 23.9 Å². The van der Waals surface area contributed by atoms with Crippen molar-refractivity contribution in [3.8, 4) is 0 Å². The van der Waals surface area contributed by atoms with Gasteiger partial charge in [-0.25, -0.2) is 4.79 Å². The Kier molecular flexibility index (Phi) is 6.87. The van der Waals surface area contributed by atoms with Gasteiger partial charge in [0, 0.05) is 20.1 Å². The Balaban J connectivity index is 1.75. The first-order chi connectivity index (χ1) is 13.9. The molecule has 8 heteroatoms. The summed E-state index contributed by atoms with van der Waals surface area (Å²) >= 11 is 4.85. The summed E-state index contributed by atoms with van der Waals surface area (Å²) in [5, 5.41) is 3.54. The van der Waals surface area contributed by atoms with E-state index in [0.29, 0.717) is 15.8 Å². The molecule has 0 aliphatic heterocycles. The number of carbonyl (C=O) groups excluding carboxylic acids is 1. The number of alkyl carbamates (subject to hydrolysis) is 1. The van der Waals surface area contributed by atoms with Crippen LogP contribution in [0.2, 0.25) is 0 Å². The van der Waals surface area contributed by atoms with Crippen LogP contribution in [0.15, 0.2) is 28.2 Å². The van der Waals surface area contributed by atoms with Gasteiger partial charge >= 0.3 is 12.3 Å². The summed E-state index contributed by atoms with van der Waals surface area (Å²) < 4.78 is 46.6. The van der Waals surface area contributed by atoms with E-state index < -0.39 is 24.3 Å². The van der Waals surface area contributed by atoms with Gasteiger partial charge in [-0.2, -0.15) is 13.2 Å². The lowest BCUT2D eigenvalue weighted by atomic mass is 9.90. The minimum absolute atomic E-state index is 0.0168. The van der Waals surface area contributed by atoms with Crippen LogP contribution in [0.3, 0.4) is 0 Å². The molecule has 30 heavy (non-hydrogen) atoms. The third-order valence-electron chi connectivity index (χ3n) is 4.86. The summed E-state index contributed by atoms with van der Waals surface area (Å²) in [5.41, 5.74) is 0.905. The van der Waals surface area contributed by atoms with Crippen molar-refractivity contribution in [2.45, 2.75) is 70.7 Å². The van der Waals surface area contributed by atoms with Crippen molar-refractivity contribution in [3.63, 3.8) is 0 Å². The third kappa shape index (κ3) is 6.23. The zero-order chi connectivity index (χ0) is 22.1.